The lowest BCUT2D eigenvalue weighted by atomic mass is 10.0. The van der Waals surface area contributed by atoms with Crippen LogP contribution in [0.15, 0.2) is 59.5 Å². The van der Waals surface area contributed by atoms with Crippen LogP contribution in [0.5, 0.6) is 0 Å². The molecule has 0 unspecified atom stereocenters. The highest BCUT2D eigenvalue weighted by Gasteiger charge is 2.31. The minimum Gasteiger partial charge on any atom is -0.351 e. The lowest BCUT2D eigenvalue weighted by Gasteiger charge is -2.32. The van der Waals surface area contributed by atoms with Gasteiger partial charge in [0.1, 0.15) is 6.04 Å². The van der Waals surface area contributed by atoms with E-state index in [0.29, 0.717) is 32.4 Å². The van der Waals surface area contributed by atoms with Crippen LogP contribution >= 0.6 is 0 Å². The summed E-state index contributed by atoms with van der Waals surface area (Å²) in [7, 11) is -3.53. The Morgan fingerprint density at radius 1 is 1.03 bits per heavy atom. The number of benzene rings is 2. The molecule has 0 radical (unpaired) electrons. The fourth-order valence-corrected chi connectivity index (χ4v) is 5.19. The molecule has 1 aliphatic heterocycles. The third kappa shape index (κ3) is 6.15. The maximum Gasteiger partial charge on any atom is 0.243 e. The van der Waals surface area contributed by atoms with E-state index in [1.807, 2.05) is 31.2 Å². The molecule has 1 aliphatic rings. The average molecular weight is 444 g/mol. The molecule has 0 spiro atoms. The normalized spacial score (nSPS) is 16.5. The Labute approximate surface area is 183 Å². The standard InChI is InChI=1S/C23H29N3O4S/c1-17-8-10-19(11-9-17)16-22(24-18(2)27)23(28)25-20-12-14-26(15-13-20)31(29,30)21-6-4-3-5-7-21/h3-11,20,22H,12-16H2,1-2H3,(H,24,27)(H,25,28)/t22-/m0/s1. The third-order valence-electron chi connectivity index (χ3n) is 5.44. The van der Waals surface area contributed by atoms with Crippen molar-refractivity contribution in [3.63, 3.8) is 0 Å². The third-order valence-corrected chi connectivity index (χ3v) is 7.35. The molecular weight excluding hydrogens is 414 g/mol. The number of piperidine rings is 1. The molecule has 2 N–H and O–H groups in total. The predicted molar refractivity (Wildman–Crippen MR) is 119 cm³/mol. The number of nitrogens with one attached hydrogen (secondary N) is 2. The molecule has 2 aromatic rings. The first-order valence-electron chi connectivity index (χ1n) is 10.4. The fraction of sp³-hybridized carbons (Fsp3) is 0.391. The number of hydrogen-bond donors (Lipinski definition) is 2. The minimum absolute atomic E-state index is 0.135. The van der Waals surface area contributed by atoms with Crippen LogP contribution in [-0.4, -0.2) is 49.7 Å². The summed E-state index contributed by atoms with van der Waals surface area (Å²) >= 11 is 0. The van der Waals surface area contributed by atoms with Crippen molar-refractivity contribution >= 4 is 21.8 Å². The second-order valence-electron chi connectivity index (χ2n) is 7.94. The summed E-state index contributed by atoms with van der Waals surface area (Å²) in [5.41, 5.74) is 2.09. The molecule has 7 nitrogen and oxygen atoms in total. The summed E-state index contributed by atoms with van der Waals surface area (Å²) in [4.78, 5) is 24.8. The van der Waals surface area contributed by atoms with Gasteiger partial charge in [-0.2, -0.15) is 4.31 Å². The number of rotatable bonds is 7. The van der Waals surface area contributed by atoms with Crippen molar-refractivity contribution in [3.8, 4) is 0 Å². The van der Waals surface area contributed by atoms with Crippen molar-refractivity contribution in [1.29, 1.82) is 0 Å². The second kappa shape index (κ2) is 10.1. The molecule has 2 aromatic carbocycles. The van der Waals surface area contributed by atoms with E-state index in [9.17, 15) is 18.0 Å². The number of carbonyl (C=O) groups is 2. The van der Waals surface area contributed by atoms with Gasteiger partial charge in [0, 0.05) is 32.5 Å². The molecule has 0 aliphatic carbocycles. The smallest absolute Gasteiger partial charge is 0.243 e. The Hall–Kier alpha value is -2.71. The molecule has 2 amide bonds. The minimum atomic E-state index is -3.53. The summed E-state index contributed by atoms with van der Waals surface area (Å²) < 4.78 is 27.0. The van der Waals surface area contributed by atoms with Gasteiger partial charge in [-0.05, 0) is 37.5 Å². The Morgan fingerprint density at radius 2 is 1.65 bits per heavy atom. The first-order chi connectivity index (χ1) is 14.8. The zero-order chi connectivity index (χ0) is 22.4. The highest BCUT2D eigenvalue weighted by molar-refractivity contribution is 7.89. The highest BCUT2D eigenvalue weighted by atomic mass is 32.2. The predicted octanol–water partition coefficient (Wildman–Crippen LogP) is 2.01. The van der Waals surface area contributed by atoms with Crippen LogP contribution in [-0.2, 0) is 26.0 Å². The zero-order valence-corrected chi connectivity index (χ0v) is 18.7. The van der Waals surface area contributed by atoms with Gasteiger partial charge in [0.2, 0.25) is 21.8 Å². The van der Waals surface area contributed by atoms with Crippen molar-refractivity contribution < 1.29 is 18.0 Å². The Bertz CT molecular complexity index is 999. The van der Waals surface area contributed by atoms with Crippen molar-refractivity contribution in [1.82, 2.24) is 14.9 Å². The Balaban J connectivity index is 1.59. The van der Waals surface area contributed by atoms with Crippen LogP contribution in [0.4, 0.5) is 0 Å². The van der Waals surface area contributed by atoms with E-state index in [4.69, 9.17) is 0 Å². The van der Waals surface area contributed by atoms with Gasteiger partial charge in [-0.25, -0.2) is 8.42 Å². The molecule has 1 saturated heterocycles. The molecule has 0 aromatic heterocycles. The largest absolute Gasteiger partial charge is 0.351 e. The SMILES string of the molecule is CC(=O)N[C@@H](Cc1ccc(C)cc1)C(=O)NC1CCN(S(=O)(=O)c2ccccc2)CC1. The van der Waals surface area contributed by atoms with Crippen LogP contribution in [0.25, 0.3) is 0 Å². The van der Waals surface area contributed by atoms with Gasteiger partial charge in [-0.3, -0.25) is 9.59 Å². The van der Waals surface area contributed by atoms with E-state index in [0.717, 1.165) is 11.1 Å². The Morgan fingerprint density at radius 3 is 2.23 bits per heavy atom. The van der Waals surface area contributed by atoms with Crippen LogP contribution in [0, 0.1) is 6.92 Å². The van der Waals surface area contributed by atoms with E-state index in [-0.39, 0.29) is 22.8 Å². The summed E-state index contributed by atoms with van der Waals surface area (Å²) in [6, 6.07) is 15.4. The van der Waals surface area contributed by atoms with E-state index in [1.165, 1.54) is 11.2 Å². The van der Waals surface area contributed by atoms with Crippen molar-refractivity contribution in [3.05, 3.63) is 65.7 Å². The molecule has 8 heteroatoms. The molecule has 1 fully saturated rings. The fourth-order valence-electron chi connectivity index (χ4n) is 3.70. The molecule has 0 saturated carbocycles. The maximum atomic E-state index is 12.9. The van der Waals surface area contributed by atoms with Crippen molar-refractivity contribution in [2.24, 2.45) is 0 Å². The van der Waals surface area contributed by atoms with Gasteiger partial charge in [-0.15, -0.1) is 0 Å². The lowest BCUT2D eigenvalue weighted by molar-refractivity contribution is -0.128. The van der Waals surface area contributed by atoms with Gasteiger partial charge >= 0.3 is 0 Å². The summed E-state index contributed by atoms with van der Waals surface area (Å²) in [6.45, 7) is 4.06. The molecule has 166 valence electrons. The van der Waals surface area contributed by atoms with Crippen molar-refractivity contribution in [2.75, 3.05) is 13.1 Å². The molecule has 31 heavy (non-hydrogen) atoms. The van der Waals surface area contributed by atoms with E-state index >= 15 is 0 Å². The van der Waals surface area contributed by atoms with Gasteiger partial charge in [0.25, 0.3) is 0 Å². The highest BCUT2D eigenvalue weighted by Crippen LogP contribution is 2.20. The monoisotopic (exact) mass is 443 g/mol. The molecule has 0 bridgehead atoms. The van der Waals surface area contributed by atoms with E-state index in [2.05, 4.69) is 10.6 Å². The summed E-state index contributed by atoms with van der Waals surface area (Å²) in [5.74, 6) is -0.517. The molecular formula is C23H29N3O4S. The number of nitrogens with zero attached hydrogens (tertiary/aromatic N) is 1. The van der Waals surface area contributed by atoms with E-state index in [1.54, 1.807) is 30.3 Å². The van der Waals surface area contributed by atoms with E-state index < -0.39 is 16.1 Å². The number of hydrogen-bond acceptors (Lipinski definition) is 4. The van der Waals surface area contributed by atoms with Gasteiger partial charge in [-0.1, -0.05) is 48.0 Å². The van der Waals surface area contributed by atoms with Crippen LogP contribution in [0.2, 0.25) is 0 Å². The Kier molecular flexibility index (Phi) is 7.46. The van der Waals surface area contributed by atoms with Gasteiger partial charge in [0.05, 0.1) is 4.90 Å². The first kappa shape index (κ1) is 23.0. The average Bonchev–Trinajstić information content (AvgIpc) is 2.75. The number of carbonyl (C=O) groups excluding carboxylic acids is 2. The zero-order valence-electron chi connectivity index (χ0n) is 17.9. The first-order valence-corrected chi connectivity index (χ1v) is 11.9. The van der Waals surface area contributed by atoms with Crippen LogP contribution < -0.4 is 10.6 Å². The van der Waals surface area contributed by atoms with Crippen LogP contribution in [0.3, 0.4) is 0 Å². The number of amides is 2. The molecule has 3 rings (SSSR count). The molecule has 1 atom stereocenters. The number of sulfonamides is 1. The van der Waals surface area contributed by atoms with Crippen LogP contribution in [0.1, 0.15) is 30.9 Å². The number of aryl methyl sites for hydroxylation is 1. The second-order valence-corrected chi connectivity index (χ2v) is 9.88. The summed E-state index contributed by atoms with van der Waals surface area (Å²) in [5, 5.41) is 5.72. The van der Waals surface area contributed by atoms with Gasteiger partial charge < -0.3 is 10.6 Å². The summed E-state index contributed by atoms with van der Waals surface area (Å²) in [6.07, 6.45) is 1.44. The maximum absolute atomic E-state index is 12.9. The quantitative estimate of drug-likeness (QED) is 0.684. The topological polar surface area (TPSA) is 95.6 Å². The van der Waals surface area contributed by atoms with Gasteiger partial charge in [0.15, 0.2) is 0 Å². The lowest BCUT2D eigenvalue weighted by Crippen LogP contribution is -2.53. The molecule has 1 heterocycles. The van der Waals surface area contributed by atoms with Crippen molar-refractivity contribution in [2.45, 2.75) is 50.1 Å².